The monoisotopic (exact) mass is 421 g/mol. The van der Waals surface area contributed by atoms with E-state index in [0.717, 1.165) is 0 Å². The molecular weight excluding hydrogens is 400 g/mol. The van der Waals surface area contributed by atoms with Crippen LogP contribution in [0.15, 0.2) is 41.5 Å². The molecular formula is C21H22ClF2N3O2. The Balaban J connectivity index is 2.05. The number of aromatic nitrogens is 1. The number of ketones is 1. The van der Waals surface area contributed by atoms with Gasteiger partial charge in [0.05, 0.1) is 11.6 Å². The number of alkyl halides is 1. The van der Waals surface area contributed by atoms with Crippen LogP contribution in [0.1, 0.15) is 41.9 Å². The maximum Gasteiger partial charge on any atom is 0.187 e. The zero-order chi connectivity index (χ0) is 21.2. The Morgan fingerprint density at radius 2 is 2.14 bits per heavy atom. The lowest BCUT2D eigenvalue weighted by molar-refractivity contribution is -0.00941. The van der Waals surface area contributed by atoms with E-state index in [1.165, 1.54) is 31.3 Å². The first-order chi connectivity index (χ1) is 13.7. The zero-order valence-electron chi connectivity index (χ0n) is 16.2. The molecule has 2 atom stereocenters. The van der Waals surface area contributed by atoms with E-state index in [-0.39, 0.29) is 54.0 Å². The number of nitrogens with two attached hydrogens (primary N) is 1. The Labute approximate surface area is 172 Å². The largest absolute Gasteiger partial charge is 0.386 e. The van der Waals surface area contributed by atoms with Crippen LogP contribution < -0.4 is 5.73 Å². The third-order valence-corrected chi connectivity index (χ3v) is 5.50. The number of rotatable bonds is 5. The van der Waals surface area contributed by atoms with E-state index in [0.29, 0.717) is 5.56 Å². The van der Waals surface area contributed by atoms with Gasteiger partial charge in [-0.2, -0.15) is 0 Å². The highest BCUT2D eigenvalue weighted by atomic mass is 35.5. The summed E-state index contributed by atoms with van der Waals surface area (Å²) >= 11 is 6.04. The molecule has 1 aromatic carbocycles. The van der Waals surface area contributed by atoms with Crippen LogP contribution in [0, 0.1) is 5.82 Å². The van der Waals surface area contributed by atoms with Crippen molar-refractivity contribution in [3.05, 3.63) is 64.2 Å². The van der Waals surface area contributed by atoms with Crippen molar-refractivity contribution in [3.63, 3.8) is 0 Å². The third-order valence-electron chi connectivity index (χ3n) is 5.20. The van der Waals surface area contributed by atoms with Gasteiger partial charge in [-0.25, -0.2) is 8.78 Å². The minimum absolute atomic E-state index is 0.0285. The van der Waals surface area contributed by atoms with Gasteiger partial charge in [0.25, 0.3) is 0 Å². The van der Waals surface area contributed by atoms with Crippen molar-refractivity contribution in [2.75, 3.05) is 13.2 Å². The Morgan fingerprint density at radius 3 is 2.83 bits per heavy atom. The second-order valence-electron chi connectivity index (χ2n) is 7.26. The van der Waals surface area contributed by atoms with Crippen molar-refractivity contribution in [1.82, 2.24) is 4.98 Å². The maximum atomic E-state index is 15.7. The fraction of sp³-hybridized carbons (Fsp3) is 0.381. The van der Waals surface area contributed by atoms with Crippen LogP contribution in [-0.2, 0) is 16.7 Å². The van der Waals surface area contributed by atoms with Crippen molar-refractivity contribution < 1.29 is 18.3 Å². The number of Topliss-reactive ketones (excluding diaryl/α,β-unsaturated/α-hetero) is 1. The molecule has 0 fully saturated rings. The van der Waals surface area contributed by atoms with Crippen LogP contribution >= 0.6 is 11.6 Å². The number of carbonyl (C=O) groups excluding carboxylic acids is 1. The van der Waals surface area contributed by atoms with Gasteiger partial charge in [-0.3, -0.25) is 14.8 Å². The normalized spacial score (nSPS) is 24.7. The molecule has 154 valence electrons. The lowest BCUT2D eigenvalue weighted by Gasteiger charge is -2.39. The molecule has 0 saturated carbocycles. The van der Waals surface area contributed by atoms with Crippen LogP contribution in [0.3, 0.4) is 0 Å². The Kier molecular flexibility index (Phi) is 6.00. The van der Waals surface area contributed by atoms with Crippen molar-refractivity contribution in [3.8, 4) is 0 Å². The summed E-state index contributed by atoms with van der Waals surface area (Å²) in [6.07, 6.45) is 1.56. The molecule has 0 aliphatic carbocycles. The average Bonchev–Trinajstić information content (AvgIpc) is 2.79. The van der Waals surface area contributed by atoms with Crippen molar-refractivity contribution in [2.24, 2.45) is 10.7 Å². The summed E-state index contributed by atoms with van der Waals surface area (Å²) in [4.78, 5) is 21.0. The van der Waals surface area contributed by atoms with Crippen molar-refractivity contribution in [2.45, 2.75) is 37.9 Å². The first-order valence-electron chi connectivity index (χ1n) is 9.23. The summed E-state index contributed by atoms with van der Waals surface area (Å²) in [5, 5.41) is 0.236. The number of aliphatic imine (C=N–C) groups is 1. The molecule has 1 aromatic heterocycles. The molecule has 5 nitrogen and oxygen atoms in total. The number of halogens is 3. The molecule has 2 aromatic rings. The van der Waals surface area contributed by atoms with Gasteiger partial charge in [-0.05, 0) is 43.2 Å². The first kappa shape index (κ1) is 21.3. The molecule has 1 aliphatic rings. The van der Waals surface area contributed by atoms with E-state index in [4.69, 9.17) is 22.1 Å². The summed E-state index contributed by atoms with van der Waals surface area (Å²) < 4.78 is 35.8. The molecule has 29 heavy (non-hydrogen) atoms. The lowest BCUT2D eigenvalue weighted by Crippen LogP contribution is -2.48. The van der Waals surface area contributed by atoms with Gasteiger partial charge in [0.15, 0.2) is 11.5 Å². The van der Waals surface area contributed by atoms with E-state index in [1.807, 2.05) is 0 Å². The van der Waals surface area contributed by atoms with Gasteiger partial charge in [0.1, 0.15) is 29.5 Å². The standard InChI is InChI=1S/C21H22ClF2N3O2/c1-3-21(20(2,24)12-29-11-18(25)27-21)14-9-13(6-7-16(14)23)10-17(28)19-15(22)5-4-8-26-19/h4-9H,3,10-12H2,1-2H3,(H2,25,27)/t20?,21-/m1/s1. The van der Waals surface area contributed by atoms with Gasteiger partial charge in [-0.15, -0.1) is 0 Å². The van der Waals surface area contributed by atoms with Crippen LogP contribution in [0.5, 0.6) is 0 Å². The molecule has 2 N–H and O–H groups in total. The predicted octanol–water partition coefficient (Wildman–Crippen LogP) is 4.02. The number of amidine groups is 1. The smallest absolute Gasteiger partial charge is 0.187 e. The van der Waals surface area contributed by atoms with Crippen LogP contribution in [-0.4, -0.2) is 35.5 Å². The zero-order valence-corrected chi connectivity index (χ0v) is 17.0. The minimum Gasteiger partial charge on any atom is -0.386 e. The Bertz CT molecular complexity index is 965. The third kappa shape index (κ3) is 4.02. The first-order valence-corrected chi connectivity index (χ1v) is 9.61. The second kappa shape index (κ2) is 8.16. The number of carbonyl (C=O) groups is 1. The highest BCUT2D eigenvalue weighted by Crippen LogP contribution is 2.45. The second-order valence-corrected chi connectivity index (χ2v) is 7.66. The van der Waals surface area contributed by atoms with Crippen LogP contribution in [0.2, 0.25) is 5.02 Å². The number of ether oxygens (including phenoxy) is 1. The summed E-state index contributed by atoms with van der Waals surface area (Å²) in [7, 11) is 0. The highest BCUT2D eigenvalue weighted by molar-refractivity contribution is 6.33. The summed E-state index contributed by atoms with van der Waals surface area (Å²) in [5.41, 5.74) is 2.96. The van der Waals surface area contributed by atoms with Crippen molar-refractivity contribution >= 4 is 23.2 Å². The fourth-order valence-corrected chi connectivity index (χ4v) is 3.93. The van der Waals surface area contributed by atoms with E-state index >= 15 is 4.39 Å². The number of hydrogen-bond donors (Lipinski definition) is 1. The minimum atomic E-state index is -2.00. The molecule has 0 bridgehead atoms. The van der Waals surface area contributed by atoms with Gasteiger partial charge in [0.2, 0.25) is 0 Å². The molecule has 0 amide bonds. The molecule has 2 heterocycles. The van der Waals surface area contributed by atoms with Crippen LogP contribution in [0.4, 0.5) is 8.78 Å². The molecule has 0 spiro atoms. The van der Waals surface area contributed by atoms with Gasteiger partial charge in [0, 0.05) is 18.2 Å². The van der Waals surface area contributed by atoms with E-state index in [9.17, 15) is 9.18 Å². The number of nitrogens with zero attached hydrogens (tertiary/aromatic N) is 2. The van der Waals surface area contributed by atoms with Crippen molar-refractivity contribution in [1.29, 1.82) is 0 Å². The SMILES string of the molecule is CC[C@]1(c2cc(CC(=O)c3ncccc3Cl)ccc2F)N=C(N)COCC1(C)F. The van der Waals surface area contributed by atoms with Gasteiger partial charge in [-0.1, -0.05) is 24.6 Å². The van der Waals surface area contributed by atoms with Crippen LogP contribution in [0.25, 0.3) is 0 Å². The molecule has 1 aliphatic heterocycles. The van der Waals surface area contributed by atoms with E-state index < -0.39 is 17.0 Å². The lowest BCUT2D eigenvalue weighted by atomic mass is 9.74. The molecule has 3 rings (SSSR count). The predicted molar refractivity (Wildman–Crippen MR) is 108 cm³/mol. The molecule has 0 saturated heterocycles. The maximum absolute atomic E-state index is 15.7. The summed E-state index contributed by atoms with van der Waals surface area (Å²) in [6.45, 7) is 2.73. The van der Waals surface area contributed by atoms with Gasteiger partial charge >= 0.3 is 0 Å². The molecule has 0 radical (unpaired) electrons. The quantitative estimate of drug-likeness (QED) is 0.739. The number of hydrogen-bond acceptors (Lipinski definition) is 5. The highest BCUT2D eigenvalue weighted by Gasteiger charge is 2.52. The summed E-state index contributed by atoms with van der Waals surface area (Å²) in [6, 6.07) is 7.35. The average molecular weight is 422 g/mol. The number of pyridine rings is 1. The van der Waals surface area contributed by atoms with E-state index in [1.54, 1.807) is 19.1 Å². The van der Waals surface area contributed by atoms with E-state index in [2.05, 4.69) is 9.98 Å². The number of benzene rings is 1. The molecule has 8 heteroatoms. The Hall–Kier alpha value is -2.38. The Morgan fingerprint density at radius 1 is 1.38 bits per heavy atom. The summed E-state index contributed by atoms with van der Waals surface area (Å²) in [5.74, 6) is -0.857. The van der Waals surface area contributed by atoms with Gasteiger partial charge < -0.3 is 10.5 Å². The fourth-order valence-electron chi connectivity index (χ4n) is 3.70. The topological polar surface area (TPSA) is 77.6 Å². The molecule has 1 unspecified atom stereocenters.